The summed E-state index contributed by atoms with van der Waals surface area (Å²) < 4.78 is 10.2. The first-order chi connectivity index (χ1) is 10.0. The average molecular weight is 296 g/mol. The molecule has 0 bridgehead atoms. The molecule has 0 radical (unpaired) electrons. The third-order valence-electron chi connectivity index (χ3n) is 2.94. The molecular formula is C17H28O4. The van der Waals surface area contributed by atoms with Crippen molar-refractivity contribution >= 4 is 11.9 Å². The van der Waals surface area contributed by atoms with E-state index in [0.29, 0.717) is 18.8 Å². The van der Waals surface area contributed by atoms with Gasteiger partial charge in [-0.05, 0) is 25.8 Å². The van der Waals surface area contributed by atoms with Crippen molar-refractivity contribution in [2.45, 2.75) is 59.3 Å². The van der Waals surface area contributed by atoms with Crippen LogP contribution < -0.4 is 0 Å². The van der Waals surface area contributed by atoms with Gasteiger partial charge in [-0.25, -0.2) is 9.59 Å². The summed E-state index contributed by atoms with van der Waals surface area (Å²) in [4.78, 5) is 23.3. The molecule has 21 heavy (non-hydrogen) atoms. The number of carbonyl (C=O) groups excluding carboxylic acids is 2. The number of unbranched alkanes of at least 4 members (excludes halogenated alkanes) is 4. The van der Waals surface area contributed by atoms with Gasteiger partial charge < -0.3 is 9.47 Å². The number of hydrogen-bond donors (Lipinski definition) is 0. The van der Waals surface area contributed by atoms with Crippen molar-refractivity contribution in [3.8, 4) is 0 Å². The quantitative estimate of drug-likeness (QED) is 0.251. The van der Waals surface area contributed by atoms with Gasteiger partial charge in [-0.1, -0.05) is 46.1 Å². The highest BCUT2D eigenvalue weighted by atomic mass is 16.5. The predicted molar refractivity (Wildman–Crippen MR) is 83.9 cm³/mol. The van der Waals surface area contributed by atoms with E-state index in [2.05, 4.69) is 20.4 Å². The lowest BCUT2D eigenvalue weighted by Crippen LogP contribution is -2.10. The van der Waals surface area contributed by atoms with Crippen LogP contribution in [-0.4, -0.2) is 25.2 Å². The summed E-state index contributed by atoms with van der Waals surface area (Å²) in [6, 6.07) is 0. The number of ether oxygens (including phenoxy) is 2. The maximum Gasteiger partial charge on any atom is 0.337 e. The zero-order valence-corrected chi connectivity index (χ0v) is 13.6. The van der Waals surface area contributed by atoms with Crippen molar-refractivity contribution in [3.05, 3.63) is 23.8 Å². The third-order valence-corrected chi connectivity index (χ3v) is 2.94. The Morgan fingerprint density at radius 1 is 0.905 bits per heavy atom. The molecule has 0 atom stereocenters. The number of hydrogen-bond acceptors (Lipinski definition) is 4. The number of esters is 2. The van der Waals surface area contributed by atoms with Gasteiger partial charge in [0.15, 0.2) is 0 Å². The summed E-state index contributed by atoms with van der Waals surface area (Å²) in [5.74, 6) is -0.893. The van der Waals surface area contributed by atoms with Crippen LogP contribution in [0.15, 0.2) is 23.8 Å². The Hall–Kier alpha value is -1.58. The Balaban J connectivity index is 4.12. The second-order valence-electron chi connectivity index (χ2n) is 5.04. The van der Waals surface area contributed by atoms with E-state index in [-0.39, 0.29) is 5.57 Å². The minimum atomic E-state index is -0.482. The fourth-order valence-electron chi connectivity index (χ4n) is 1.62. The highest BCUT2D eigenvalue weighted by molar-refractivity contribution is 5.95. The van der Waals surface area contributed by atoms with E-state index in [1.165, 1.54) is 6.08 Å². The van der Waals surface area contributed by atoms with Crippen LogP contribution in [0.3, 0.4) is 0 Å². The van der Waals surface area contributed by atoms with E-state index >= 15 is 0 Å². The first-order valence-electron chi connectivity index (χ1n) is 7.74. The van der Waals surface area contributed by atoms with Gasteiger partial charge in [0.2, 0.25) is 0 Å². The summed E-state index contributed by atoms with van der Waals surface area (Å²) in [6.45, 7) is 10.2. The molecule has 0 spiro atoms. The van der Waals surface area contributed by atoms with E-state index in [1.807, 2.05) is 0 Å². The van der Waals surface area contributed by atoms with Crippen LogP contribution in [0.2, 0.25) is 0 Å². The van der Waals surface area contributed by atoms with Crippen LogP contribution in [0.25, 0.3) is 0 Å². The molecule has 4 nitrogen and oxygen atoms in total. The lowest BCUT2D eigenvalue weighted by atomic mass is 10.2. The minimum absolute atomic E-state index is 0.175. The van der Waals surface area contributed by atoms with Gasteiger partial charge in [0, 0.05) is 5.57 Å². The van der Waals surface area contributed by atoms with Crippen molar-refractivity contribution in [2.24, 2.45) is 0 Å². The molecule has 0 heterocycles. The predicted octanol–water partition coefficient (Wildman–Crippen LogP) is 3.96. The normalized spacial score (nSPS) is 11.1. The van der Waals surface area contributed by atoms with Crippen molar-refractivity contribution in [2.75, 3.05) is 13.2 Å². The standard InChI is InChI=1S/C17H28O4/c1-5-7-9-11-20-16(18)14(3)13-15(4)17(19)21-12-10-8-6-2/h13H,3,5-12H2,1-2,4H3/b15-13+. The molecule has 4 heteroatoms. The molecule has 0 saturated heterocycles. The molecule has 0 aromatic heterocycles. The molecule has 0 rings (SSSR count). The molecule has 0 N–H and O–H groups in total. The lowest BCUT2D eigenvalue weighted by molar-refractivity contribution is -0.139. The summed E-state index contributed by atoms with van der Waals surface area (Å²) in [5.41, 5.74) is 0.538. The average Bonchev–Trinajstić information content (AvgIpc) is 2.47. The fraction of sp³-hybridized carbons (Fsp3) is 0.647. The molecule has 0 aromatic rings. The van der Waals surface area contributed by atoms with Gasteiger partial charge in [-0.15, -0.1) is 0 Å². The van der Waals surface area contributed by atoms with Crippen molar-refractivity contribution in [1.82, 2.24) is 0 Å². The number of carbonyl (C=O) groups is 2. The molecule has 0 aliphatic rings. The van der Waals surface area contributed by atoms with Gasteiger partial charge in [0.1, 0.15) is 0 Å². The first-order valence-corrected chi connectivity index (χ1v) is 7.74. The zero-order chi connectivity index (χ0) is 16.1. The van der Waals surface area contributed by atoms with Crippen LogP contribution in [0, 0.1) is 0 Å². The molecule has 120 valence electrons. The fourth-order valence-corrected chi connectivity index (χ4v) is 1.62. The molecule has 0 amide bonds. The zero-order valence-electron chi connectivity index (χ0n) is 13.6. The Morgan fingerprint density at radius 3 is 1.86 bits per heavy atom. The highest BCUT2D eigenvalue weighted by Gasteiger charge is 2.10. The Kier molecular flexibility index (Phi) is 11.3. The van der Waals surface area contributed by atoms with Gasteiger partial charge in [-0.2, -0.15) is 0 Å². The second kappa shape index (κ2) is 12.2. The van der Waals surface area contributed by atoms with E-state index in [9.17, 15) is 9.59 Å². The topological polar surface area (TPSA) is 52.6 Å². The van der Waals surface area contributed by atoms with E-state index in [4.69, 9.17) is 9.47 Å². The molecular weight excluding hydrogens is 268 g/mol. The summed E-state index contributed by atoms with van der Waals surface area (Å²) >= 11 is 0. The molecule has 0 aliphatic carbocycles. The van der Waals surface area contributed by atoms with Crippen LogP contribution in [0.4, 0.5) is 0 Å². The maximum absolute atomic E-state index is 11.7. The Morgan fingerprint density at radius 2 is 1.38 bits per heavy atom. The first kappa shape index (κ1) is 19.4. The molecule has 0 aromatic carbocycles. The van der Waals surface area contributed by atoms with Gasteiger partial charge in [0.05, 0.1) is 18.8 Å². The second-order valence-corrected chi connectivity index (χ2v) is 5.04. The number of rotatable bonds is 11. The van der Waals surface area contributed by atoms with Gasteiger partial charge >= 0.3 is 11.9 Å². The molecule has 0 unspecified atom stereocenters. The SMILES string of the molecule is C=C(/C=C(\C)C(=O)OCCCCC)C(=O)OCCCCC. The minimum Gasteiger partial charge on any atom is -0.462 e. The van der Waals surface area contributed by atoms with Crippen LogP contribution >= 0.6 is 0 Å². The van der Waals surface area contributed by atoms with Crippen molar-refractivity contribution in [3.63, 3.8) is 0 Å². The van der Waals surface area contributed by atoms with E-state index in [1.54, 1.807) is 6.92 Å². The van der Waals surface area contributed by atoms with E-state index < -0.39 is 11.9 Å². The van der Waals surface area contributed by atoms with Gasteiger partial charge in [0.25, 0.3) is 0 Å². The molecule has 0 saturated carbocycles. The van der Waals surface area contributed by atoms with Crippen LogP contribution in [-0.2, 0) is 19.1 Å². The third kappa shape index (κ3) is 9.88. The monoisotopic (exact) mass is 296 g/mol. The van der Waals surface area contributed by atoms with Gasteiger partial charge in [-0.3, -0.25) is 0 Å². The van der Waals surface area contributed by atoms with Crippen LogP contribution in [0.5, 0.6) is 0 Å². The summed E-state index contributed by atoms with van der Waals surface area (Å²) in [7, 11) is 0. The van der Waals surface area contributed by atoms with Crippen molar-refractivity contribution < 1.29 is 19.1 Å². The molecule has 0 fully saturated rings. The maximum atomic E-state index is 11.7. The van der Waals surface area contributed by atoms with E-state index in [0.717, 1.165) is 38.5 Å². The largest absolute Gasteiger partial charge is 0.462 e. The Labute approximate surface area is 128 Å². The molecule has 0 aliphatic heterocycles. The van der Waals surface area contributed by atoms with Crippen LogP contribution in [0.1, 0.15) is 59.3 Å². The lowest BCUT2D eigenvalue weighted by Gasteiger charge is -2.06. The highest BCUT2D eigenvalue weighted by Crippen LogP contribution is 2.06. The Bertz CT molecular complexity index is 369. The summed E-state index contributed by atoms with van der Waals surface area (Å²) in [6.07, 6.45) is 7.33. The summed E-state index contributed by atoms with van der Waals surface area (Å²) in [5, 5.41) is 0. The smallest absolute Gasteiger partial charge is 0.337 e. The van der Waals surface area contributed by atoms with Crippen molar-refractivity contribution in [1.29, 1.82) is 0 Å².